The van der Waals surface area contributed by atoms with Crippen LogP contribution < -0.4 is 10.6 Å². The molecular formula is C24H31N3O3S. The van der Waals surface area contributed by atoms with Crippen molar-refractivity contribution in [1.29, 1.82) is 0 Å². The molecule has 2 N–H and O–H groups in total. The van der Waals surface area contributed by atoms with Gasteiger partial charge in [-0.15, -0.1) is 0 Å². The minimum absolute atomic E-state index is 0.116. The van der Waals surface area contributed by atoms with Crippen molar-refractivity contribution in [2.75, 3.05) is 17.7 Å². The molecule has 1 aromatic carbocycles. The van der Waals surface area contributed by atoms with Crippen LogP contribution in [0.25, 0.3) is 0 Å². The van der Waals surface area contributed by atoms with Gasteiger partial charge in [-0.3, -0.25) is 14.6 Å². The van der Waals surface area contributed by atoms with Crippen molar-refractivity contribution < 1.29 is 14.3 Å². The zero-order chi connectivity index (χ0) is 22.1. The highest BCUT2D eigenvalue weighted by molar-refractivity contribution is 7.80. The summed E-state index contributed by atoms with van der Waals surface area (Å²) >= 11 is 4.51. The lowest BCUT2D eigenvalue weighted by molar-refractivity contribution is -0.136. The van der Waals surface area contributed by atoms with E-state index < -0.39 is 11.5 Å². The Kier molecular flexibility index (Phi) is 8.49. The number of ether oxygens (including phenoxy) is 1. The number of para-hydroxylation sites is 1. The van der Waals surface area contributed by atoms with Crippen LogP contribution in [0.15, 0.2) is 54.9 Å². The number of aromatic nitrogens is 1. The number of nitrogens with zero attached hydrogens (tertiary/aromatic N) is 1. The highest BCUT2D eigenvalue weighted by atomic mass is 32.1. The number of pyridine rings is 1. The van der Waals surface area contributed by atoms with E-state index in [2.05, 4.69) is 28.2 Å². The summed E-state index contributed by atoms with van der Waals surface area (Å²) < 4.78 is 5.74. The number of thiol groups is 1. The number of amides is 2. The Morgan fingerprint density at radius 2 is 1.94 bits per heavy atom. The van der Waals surface area contributed by atoms with Gasteiger partial charge in [0.1, 0.15) is 6.04 Å². The Labute approximate surface area is 189 Å². The first-order valence-electron chi connectivity index (χ1n) is 10.8. The largest absolute Gasteiger partial charge is 0.379 e. The molecule has 1 saturated carbocycles. The molecule has 6 nitrogen and oxygen atoms in total. The van der Waals surface area contributed by atoms with Gasteiger partial charge >= 0.3 is 0 Å². The molecule has 166 valence electrons. The van der Waals surface area contributed by atoms with Crippen molar-refractivity contribution >= 4 is 30.1 Å². The molecule has 31 heavy (non-hydrogen) atoms. The Morgan fingerprint density at radius 3 is 2.55 bits per heavy atom. The van der Waals surface area contributed by atoms with E-state index in [0.29, 0.717) is 37.3 Å². The smallest absolute Gasteiger partial charge is 0.247 e. The third-order valence-corrected chi connectivity index (χ3v) is 6.51. The van der Waals surface area contributed by atoms with Crippen molar-refractivity contribution in [2.24, 2.45) is 5.41 Å². The standard InChI is InChI=1S/C24H31N3O3S/c1-2-30-20-10-12-24(17-31,13-11-20)23(29)27-21(15-18-7-6-14-25-16-18)22(28)26-19-8-4-3-5-9-19/h3-9,14,16,20-21,31H,2,10-13,15,17H2,1H3,(H,26,28)(H,27,29)/t20?,21-,24?/m0/s1. The summed E-state index contributed by atoms with van der Waals surface area (Å²) in [6.45, 7) is 2.67. The SMILES string of the molecule is CCOC1CCC(CS)(C(=O)N[C@@H](Cc2cccnc2)C(=O)Nc2ccccc2)CC1. The van der Waals surface area contributed by atoms with Crippen molar-refractivity contribution in [3.05, 3.63) is 60.4 Å². The Hall–Kier alpha value is -2.38. The summed E-state index contributed by atoms with van der Waals surface area (Å²) in [6, 6.07) is 12.3. The van der Waals surface area contributed by atoms with Crippen LogP contribution in [-0.4, -0.2) is 41.3 Å². The number of benzene rings is 1. The van der Waals surface area contributed by atoms with Gasteiger partial charge in [0.2, 0.25) is 11.8 Å². The van der Waals surface area contributed by atoms with Crippen LogP contribution in [0.1, 0.15) is 38.2 Å². The van der Waals surface area contributed by atoms with E-state index in [0.717, 1.165) is 18.4 Å². The van der Waals surface area contributed by atoms with E-state index >= 15 is 0 Å². The van der Waals surface area contributed by atoms with E-state index in [1.54, 1.807) is 12.4 Å². The number of carbonyl (C=O) groups excluding carboxylic acids is 2. The fourth-order valence-corrected chi connectivity index (χ4v) is 4.49. The lowest BCUT2D eigenvalue weighted by Crippen LogP contribution is -2.53. The van der Waals surface area contributed by atoms with Crippen LogP contribution in [-0.2, 0) is 20.7 Å². The topological polar surface area (TPSA) is 80.3 Å². The second kappa shape index (κ2) is 11.3. The molecule has 2 aromatic rings. The molecule has 0 saturated heterocycles. The number of hydrogen-bond donors (Lipinski definition) is 3. The van der Waals surface area contributed by atoms with E-state index in [-0.39, 0.29) is 17.9 Å². The fourth-order valence-electron chi connectivity index (χ4n) is 4.03. The number of nitrogens with one attached hydrogen (secondary N) is 2. The summed E-state index contributed by atoms with van der Waals surface area (Å²) in [5, 5.41) is 5.94. The van der Waals surface area contributed by atoms with Crippen LogP contribution in [0, 0.1) is 5.41 Å². The Morgan fingerprint density at radius 1 is 1.19 bits per heavy atom. The van der Waals surface area contributed by atoms with Gasteiger partial charge in [0.05, 0.1) is 11.5 Å². The van der Waals surface area contributed by atoms with Crippen LogP contribution in [0.4, 0.5) is 5.69 Å². The Balaban J connectivity index is 1.73. The number of carbonyl (C=O) groups is 2. The average molecular weight is 442 g/mol. The van der Waals surface area contributed by atoms with E-state index in [4.69, 9.17) is 4.74 Å². The molecule has 1 aliphatic carbocycles. The normalized spacial score (nSPS) is 21.8. The third kappa shape index (κ3) is 6.31. The zero-order valence-electron chi connectivity index (χ0n) is 17.9. The number of hydrogen-bond acceptors (Lipinski definition) is 5. The summed E-state index contributed by atoms with van der Waals surface area (Å²) in [5.74, 6) is 0.0766. The van der Waals surface area contributed by atoms with Crippen LogP contribution >= 0.6 is 12.6 Å². The maximum atomic E-state index is 13.4. The summed E-state index contributed by atoms with van der Waals surface area (Å²) in [5.41, 5.74) is 0.992. The summed E-state index contributed by atoms with van der Waals surface area (Å²) in [6.07, 6.45) is 7.02. The molecule has 0 aliphatic heterocycles. The molecule has 1 aromatic heterocycles. The summed E-state index contributed by atoms with van der Waals surface area (Å²) in [4.78, 5) is 30.6. The van der Waals surface area contributed by atoms with Crippen molar-refractivity contribution in [3.8, 4) is 0 Å². The van der Waals surface area contributed by atoms with Gasteiger partial charge in [-0.1, -0.05) is 24.3 Å². The average Bonchev–Trinajstić information content (AvgIpc) is 2.81. The second-order valence-electron chi connectivity index (χ2n) is 8.04. The molecule has 2 amide bonds. The lowest BCUT2D eigenvalue weighted by atomic mass is 9.73. The van der Waals surface area contributed by atoms with Crippen molar-refractivity contribution in [3.63, 3.8) is 0 Å². The van der Waals surface area contributed by atoms with Gasteiger partial charge in [0.15, 0.2) is 0 Å². The first-order valence-corrected chi connectivity index (χ1v) is 11.5. The molecule has 1 aliphatic rings. The van der Waals surface area contributed by atoms with E-state index in [9.17, 15) is 9.59 Å². The number of anilines is 1. The molecule has 0 spiro atoms. The highest BCUT2D eigenvalue weighted by Crippen LogP contribution is 2.38. The molecule has 0 bridgehead atoms. The molecule has 7 heteroatoms. The minimum atomic E-state index is -0.710. The predicted molar refractivity (Wildman–Crippen MR) is 125 cm³/mol. The molecule has 1 heterocycles. The van der Waals surface area contributed by atoms with Crippen molar-refractivity contribution in [2.45, 2.75) is 51.2 Å². The quantitative estimate of drug-likeness (QED) is 0.519. The lowest BCUT2D eigenvalue weighted by Gasteiger charge is -2.38. The molecule has 1 fully saturated rings. The van der Waals surface area contributed by atoms with Gasteiger partial charge < -0.3 is 15.4 Å². The molecule has 1 atom stereocenters. The van der Waals surface area contributed by atoms with E-state index in [1.165, 1.54) is 0 Å². The highest BCUT2D eigenvalue weighted by Gasteiger charge is 2.42. The molecular weight excluding hydrogens is 410 g/mol. The van der Waals surface area contributed by atoms with E-state index in [1.807, 2.05) is 49.4 Å². The molecule has 0 unspecified atom stereocenters. The number of rotatable bonds is 9. The van der Waals surface area contributed by atoms with Crippen LogP contribution in [0.2, 0.25) is 0 Å². The van der Waals surface area contributed by atoms with Gasteiger partial charge in [-0.25, -0.2) is 0 Å². The monoisotopic (exact) mass is 441 g/mol. The summed E-state index contributed by atoms with van der Waals surface area (Å²) in [7, 11) is 0. The van der Waals surface area contributed by atoms with Crippen molar-refractivity contribution in [1.82, 2.24) is 10.3 Å². The van der Waals surface area contributed by atoms with Crippen LogP contribution in [0.5, 0.6) is 0 Å². The second-order valence-corrected chi connectivity index (χ2v) is 8.36. The van der Waals surface area contributed by atoms with Gasteiger partial charge in [-0.05, 0) is 56.4 Å². The Bertz CT molecular complexity index is 840. The fraction of sp³-hybridized carbons (Fsp3) is 0.458. The first kappa shape index (κ1) is 23.3. The molecule has 3 rings (SSSR count). The first-order chi connectivity index (χ1) is 15.1. The maximum absolute atomic E-state index is 13.4. The maximum Gasteiger partial charge on any atom is 0.247 e. The van der Waals surface area contributed by atoms with Crippen LogP contribution in [0.3, 0.4) is 0 Å². The van der Waals surface area contributed by atoms with Gasteiger partial charge in [0, 0.05) is 36.9 Å². The third-order valence-electron chi connectivity index (χ3n) is 5.90. The zero-order valence-corrected chi connectivity index (χ0v) is 18.8. The minimum Gasteiger partial charge on any atom is -0.379 e. The predicted octanol–water partition coefficient (Wildman–Crippen LogP) is 3.64. The molecule has 0 radical (unpaired) electrons. The van der Waals surface area contributed by atoms with Gasteiger partial charge in [-0.2, -0.15) is 12.6 Å². The van der Waals surface area contributed by atoms with Gasteiger partial charge in [0.25, 0.3) is 0 Å².